The van der Waals surface area contributed by atoms with Gasteiger partial charge < -0.3 is 21.0 Å². The highest BCUT2D eigenvalue weighted by molar-refractivity contribution is 6.04. The van der Waals surface area contributed by atoms with E-state index in [1.54, 1.807) is 6.07 Å². The first-order valence-corrected chi connectivity index (χ1v) is 7.61. The number of benzene rings is 1. The lowest BCUT2D eigenvalue weighted by Gasteiger charge is -2.24. The third kappa shape index (κ3) is 4.78. The normalized spacial score (nSPS) is 12.8. The molecule has 6 nitrogen and oxygen atoms in total. The van der Waals surface area contributed by atoms with E-state index in [2.05, 4.69) is 15.5 Å². The van der Waals surface area contributed by atoms with Crippen molar-refractivity contribution in [1.82, 2.24) is 4.98 Å². The van der Waals surface area contributed by atoms with E-state index < -0.39 is 17.3 Å². The standard InChI is InChI=1S/C17H19F3N4O2/c1-16(2,3)26-12-8-9-22-15(13(12)14(21)24-25)23-11-6-4-10(5-7-11)17(18,19)20/h4-9,25H,1-3H3,(H2,21,24)(H,22,23). The summed E-state index contributed by atoms with van der Waals surface area (Å²) in [5.74, 6) is 0.255. The number of hydrogen-bond donors (Lipinski definition) is 3. The van der Waals surface area contributed by atoms with E-state index in [1.807, 2.05) is 20.8 Å². The molecule has 0 unspecified atom stereocenters. The fraction of sp³-hybridized carbons (Fsp3) is 0.294. The molecule has 0 bridgehead atoms. The van der Waals surface area contributed by atoms with Crippen LogP contribution in [0.15, 0.2) is 41.7 Å². The molecule has 26 heavy (non-hydrogen) atoms. The SMILES string of the molecule is CC(C)(C)Oc1ccnc(Nc2ccc(C(F)(F)F)cc2)c1C(N)=NO. The summed E-state index contributed by atoms with van der Waals surface area (Å²) in [6.45, 7) is 5.48. The van der Waals surface area contributed by atoms with Gasteiger partial charge in [0.05, 0.1) is 5.56 Å². The second-order valence-electron chi connectivity index (χ2n) is 6.43. The Labute approximate surface area is 148 Å². The number of nitrogens with two attached hydrogens (primary N) is 1. The van der Waals surface area contributed by atoms with Gasteiger partial charge in [-0.05, 0) is 51.1 Å². The molecule has 0 aliphatic carbocycles. The number of pyridine rings is 1. The van der Waals surface area contributed by atoms with Gasteiger partial charge in [-0.15, -0.1) is 0 Å². The number of halogens is 3. The van der Waals surface area contributed by atoms with Crippen molar-refractivity contribution in [3.05, 3.63) is 47.7 Å². The number of ether oxygens (including phenoxy) is 1. The maximum atomic E-state index is 12.7. The maximum Gasteiger partial charge on any atom is 0.416 e. The lowest BCUT2D eigenvalue weighted by molar-refractivity contribution is -0.137. The first-order valence-electron chi connectivity index (χ1n) is 7.61. The maximum absolute atomic E-state index is 12.7. The molecular weight excluding hydrogens is 349 g/mol. The van der Waals surface area contributed by atoms with E-state index >= 15 is 0 Å². The van der Waals surface area contributed by atoms with E-state index in [4.69, 9.17) is 15.7 Å². The van der Waals surface area contributed by atoms with Crippen LogP contribution in [-0.4, -0.2) is 21.6 Å². The van der Waals surface area contributed by atoms with Crippen molar-refractivity contribution < 1.29 is 23.1 Å². The van der Waals surface area contributed by atoms with Crippen molar-refractivity contribution >= 4 is 17.3 Å². The topological polar surface area (TPSA) is 92.8 Å². The van der Waals surface area contributed by atoms with Crippen LogP contribution in [0.25, 0.3) is 0 Å². The van der Waals surface area contributed by atoms with Gasteiger partial charge in [-0.25, -0.2) is 4.98 Å². The van der Waals surface area contributed by atoms with Crippen molar-refractivity contribution in [2.45, 2.75) is 32.5 Å². The molecule has 0 amide bonds. The molecule has 4 N–H and O–H groups in total. The molecule has 0 fully saturated rings. The zero-order chi connectivity index (χ0) is 19.5. The molecule has 2 rings (SSSR count). The highest BCUT2D eigenvalue weighted by atomic mass is 19.4. The number of aromatic nitrogens is 1. The summed E-state index contributed by atoms with van der Waals surface area (Å²) in [6, 6.07) is 5.97. The molecule has 1 aromatic heterocycles. The van der Waals surface area contributed by atoms with Gasteiger partial charge in [-0.3, -0.25) is 0 Å². The molecule has 140 valence electrons. The first kappa shape index (κ1) is 19.4. The smallest absolute Gasteiger partial charge is 0.416 e. The quantitative estimate of drug-likeness (QED) is 0.327. The van der Waals surface area contributed by atoms with Crippen LogP contribution in [0.5, 0.6) is 5.75 Å². The Balaban J connectivity index is 2.41. The van der Waals surface area contributed by atoms with E-state index in [9.17, 15) is 13.2 Å². The number of nitrogens with zero attached hydrogens (tertiary/aromatic N) is 2. The van der Waals surface area contributed by atoms with E-state index in [1.165, 1.54) is 18.3 Å². The summed E-state index contributed by atoms with van der Waals surface area (Å²) < 4.78 is 43.8. The molecule has 2 aromatic rings. The highest BCUT2D eigenvalue weighted by Gasteiger charge is 2.30. The second kappa shape index (κ2) is 7.11. The van der Waals surface area contributed by atoms with Gasteiger partial charge in [-0.1, -0.05) is 5.16 Å². The van der Waals surface area contributed by atoms with Crippen LogP contribution in [0, 0.1) is 0 Å². The fourth-order valence-electron chi connectivity index (χ4n) is 2.13. The number of oxime groups is 1. The molecule has 0 spiro atoms. The van der Waals surface area contributed by atoms with Crippen LogP contribution < -0.4 is 15.8 Å². The van der Waals surface area contributed by atoms with Crippen molar-refractivity contribution in [2.75, 3.05) is 5.32 Å². The summed E-state index contributed by atoms with van der Waals surface area (Å²) >= 11 is 0. The number of amidine groups is 1. The van der Waals surface area contributed by atoms with E-state index in [0.717, 1.165) is 12.1 Å². The first-order chi connectivity index (χ1) is 12.0. The van der Waals surface area contributed by atoms with Crippen LogP contribution in [0.3, 0.4) is 0 Å². The van der Waals surface area contributed by atoms with Crippen LogP contribution >= 0.6 is 0 Å². The summed E-state index contributed by atoms with van der Waals surface area (Å²) in [7, 11) is 0. The average molecular weight is 368 g/mol. The zero-order valence-electron chi connectivity index (χ0n) is 14.4. The van der Waals surface area contributed by atoms with Gasteiger partial charge in [0.2, 0.25) is 0 Å². The van der Waals surface area contributed by atoms with Crippen LogP contribution in [0.1, 0.15) is 31.9 Å². The Morgan fingerprint density at radius 3 is 2.27 bits per heavy atom. The monoisotopic (exact) mass is 368 g/mol. The molecular formula is C17H19F3N4O2. The van der Waals surface area contributed by atoms with Gasteiger partial charge in [0, 0.05) is 11.9 Å². The van der Waals surface area contributed by atoms with Gasteiger partial charge in [0.25, 0.3) is 0 Å². The molecule has 0 atom stereocenters. The summed E-state index contributed by atoms with van der Waals surface area (Å²) in [5, 5.41) is 14.9. The Kier molecular flexibility index (Phi) is 5.29. The van der Waals surface area contributed by atoms with Crippen molar-refractivity contribution in [3.63, 3.8) is 0 Å². The molecule has 0 saturated heterocycles. The number of nitrogens with one attached hydrogen (secondary N) is 1. The Bertz CT molecular complexity index is 797. The highest BCUT2D eigenvalue weighted by Crippen LogP contribution is 2.32. The lowest BCUT2D eigenvalue weighted by atomic mass is 10.1. The minimum absolute atomic E-state index is 0.182. The minimum atomic E-state index is -4.42. The van der Waals surface area contributed by atoms with Gasteiger partial charge >= 0.3 is 6.18 Å². The largest absolute Gasteiger partial charge is 0.487 e. The van der Waals surface area contributed by atoms with E-state index in [-0.39, 0.29) is 17.2 Å². The second-order valence-corrected chi connectivity index (χ2v) is 6.43. The number of rotatable bonds is 4. The van der Waals surface area contributed by atoms with Crippen LogP contribution in [-0.2, 0) is 6.18 Å². The summed E-state index contributed by atoms with van der Waals surface area (Å²) in [6.07, 6.45) is -2.97. The van der Waals surface area contributed by atoms with Gasteiger partial charge in [0.1, 0.15) is 22.7 Å². The molecule has 0 radical (unpaired) electrons. The zero-order valence-corrected chi connectivity index (χ0v) is 14.4. The summed E-state index contributed by atoms with van der Waals surface area (Å²) in [4.78, 5) is 4.12. The van der Waals surface area contributed by atoms with Crippen molar-refractivity contribution in [2.24, 2.45) is 10.9 Å². The predicted molar refractivity (Wildman–Crippen MR) is 91.9 cm³/mol. The van der Waals surface area contributed by atoms with Crippen LogP contribution in [0.2, 0.25) is 0 Å². The Morgan fingerprint density at radius 1 is 1.15 bits per heavy atom. The average Bonchev–Trinajstić information content (AvgIpc) is 2.52. The molecule has 0 aliphatic heterocycles. The lowest BCUT2D eigenvalue weighted by Crippen LogP contribution is -2.26. The Hall–Kier alpha value is -2.97. The molecule has 1 heterocycles. The van der Waals surface area contributed by atoms with E-state index in [0.29, 0.717) is 11.4 Å². The third-order valence-electron chi connectivity index (χ3n) is 3.17. The number of alkyl halides is 3. The summed E-state index contributed by atoms with van der Waals surface area (Å²) in [5.41, 5.74) is 4.97. The van der Waals surface area contributed by atoms with Gasteiger partial charge in [0.15, 0.2) is 5.84 Å². The predicted octanol–water partition coefficient (Wildman–Crippen LogP) is 4.12. The molecule has 9 heteroatoms. The van der Waals surface area contributed by atoms with Crippen molar-refractivity contribution in [1.29, 1.82) is 0 Å². The molecule has 1 aromatic carbocycles. The van der Waals surface area contributed by atoms with Crippen molar-refractivity contribution in [3.8, 4) is 5.75 Å². The number of hydrogen-bond acceptors (Lipinski definition) is 5. The van der Waals surface area contributed by atoms with Crippen LogP contribution in [0.4, 0.5) is 24.7 Å². The number of anilines is 2. The Morgan fingerprint density at radius 2 is 1.77 bits per heavy atom. The van der Waals surface area contributed by atoms with Gasteiger partial charge in [-0.2, -0.15) is 13.2 Å². The fourth-order valence-corrected chi connectivity index (χ4v) is 2.13. The molecule has 0 aliphatic rings. The third-order valence-corrected chi connectivity index (χ3v) is 3.17. The minimum Gasteiger partial charge on any atom is -0.487 e. The molecule has 0 saturated carbocycles.